The number of esters is 1. The number of pyridine rings is 1. The molecule has 8 heteroatoms. The zero-order chi connectivity index (χ0) is 28.2. The lowest BCUT2D eigenvalue weighted by Crippen LogP contribution is -2.28. The molecular weight excluding hydrogens is 590 g/mol. The number of carboxylic acid groups (broad SMARTS) is 1. The van der Waals surface area contributed by atoms with Crippen LogP contribution < -0.4 is 5.56 Å². The highest BCUT2D eigenvalue weighted by Gasteiger charge is 2.24. The quantitative estimate of drug-likeness (QED) is 0.146. The molecule has 0 fully saturated rings. The number of aromatic nitrogens is 1. The Morgan fingerprint density at radius 2 is 1.55 bits per heavy atom. The molecule has 0 atom stereocenters. The van der Waals surface area contributed by atoms with E-state index in [-0.39, 0.29) is 23.4 Å². The van der Waals surface area contributed by atoms with Crippen molar-refractivity contribution in [1.29, 1.82) is 0 Å². The highest BCUT2D eigenvalue weighted by Crippen LogP contribution is 2.33. The van der Waals surface area contributed by atoms with E-state index in [1.807, 2.05) is 66.7 Å². The van der Waals surface area contributed by atoms with Gasteiger partial charge in [0.2, 0.25) is 0 Å². The lowest BCUT2D eigenvalue weighted by atomic mass is 9.96. The maximum absolute atomic E-state index is 13.8. The minimum absolute atomic E-state index is 0.194. The molecule has 0 aliphatic carbocycles. The van der Waals surface area contributed by atoms with E-state index in [4.69, 9.17) is 9.84 Å². The van der Waals surface area contributed by atoms with Crippen molar-refractivity contribution in [3.05, 3.63) is 134 Å². The SMILES string of the molecule is COC(=O)c1c(-c2ccccc2)c2cc(Br)ccc2c(=O)n1Cc1ccc(CSc2ccc(C(=O)O)cc2)cc1. The van der Waals surface area contributed by atoms with Gasteiger partial charge in [0.05, 0.1) is 19.2 Å². The van der Waals surface area contributed by atoms with Gasteiger partial charge in [-0.3, -0.25) is 9.36 Å². The first kappa shape index (κ1) is 27.4. The maximum Gasteiger partial charge on any atom is 0.355 e. The number of aromatic carboxylic acids is 1. The normalized spacial score (nSPS) is 10.9. The van der Waals surface area contributed by atoms with Gasteiger partial charge < -0.3 is 9.84 Å². The van der Waals surface area contributed by atoms with Crippen molar-refractivity contribution < 1.29 is 19.4 Å². The lowest BCUT2D eigenvalue weighted by molar-refractivity contribution is 0.0588. The van der Waals surface area contributed by atoms with Crippen LogP contribution in [0.3, 0.4) is 0 Å². The average Bonchev–Trinajstić information content (AvgIpc) is 2.98. The zero-order valence-electron chi connectivity index (χ0n) is 21.5. The molecule has 1 aromatic heterocycles. The number of methoxy groups -OCH3 is 1. The highest BCUT2D eigenvalue weighted by molar-refractivity contribution is 9.10. The second kappa shape index (κ2) is 11.9. The first-order valence-corrected chi connectivity index (χ1v) is 14.2. The van der Waals surface area contributed by atoms with Crippen LogP contribution in [-0.4, -0.2) is 28.7 Å². The molecule has 0 saturated heterocycles. The molecule has 0 radical (unpaired) electrons. The third-order valence-corrected chi connectivity index (χ3v) is 8.12. The molecule has 0 bridgehead atoms. The number of nitrogens with zero attached hydrogens (tertiary/aromatic N) is 1. The number of thioether (sulfide) groups is 1. The van der Waals surface area contributed by atoms with E-state index >= 15 is 0 Å². The van der Waals surface area contributed by atoms with Gasteiger partial charge in [-0.1, -0.05) is 70.5 Å². The number of benzene rings is 4. The van der Waals surface area contributed by atoms with Crippen molar-refractivity contribution in [2.45, 2.75) is 17.2 Å². The van der Waals surface area contributed by atoms with Crippen LogP contribution in [0, 0.1) is 0 Å². The monoisotopic (exact) mass is 613 g/mol. The van der Waals surface area contributed by atoms with Gasteiger partial charge >= 0.3 is 11.9 Å². The summed E-state index contributed by atoms with van der Waals surface area (Å²) in [5.74, 6) is -0.833. The molecular formula is C32H24BrNO5S. The fourth-order valence-electron chi connectivity index (χ4n) is 4.56. The van der Waals surface area contributed by atoms with Gasteiger partial charge in [-0.25, -0.2) is 9.59 Å². The molecule has 1 N–H and O–H groups in total. The first-order chi connectivity index (χ1) is 19.4. The molecule has 1 heterocycles. The second-order valence-corrected chi connectivity index (χ2v) is 11.1. The largest absolute Gasteiger partial charge is 0.478 e. The third kappa shape index (κ3) is 5.73. The van der Waals surface area contributed by atoms with Crippen molar-refractivity contribution >= 4 is 50.4 Å². The van der Waals surface area contributed by atoms with Crippen LogP contribution in [-0.2, 0) is 17.0 Å². The average molecular weight is 615 g/mol. The standard InChI is InChI=1S/C32H24BrNO5S/c1-39-32(38)29-28(22-5-3-2-4-6-22)27-17-24(33)13-16-26(27)30(35)34(29)18-20-7-9-21(10-8-20)19-40-25-14-11-23(12-15-25)31(36)37/h2-17H,18-19H2,1H3,(H,36,37). The Labute approximate surface area is 243 Å². The van der Waals surface area contributed by atoms with E-state index in [2.05, 4.69) is 15.9 Å². The van der Waals surface area contributed by atoms with E-state index in [0.717, 1.165) is 26.1 Å². The molecule has 6 nitrogen and oxygen atoms in total. The number of rotatable bonds is 8. The molecule has 4 aromatic carbocycles. The number of ether oxygens (including phenoxy) is 1. The first-order valence-electron chi connectivity index (χ1n) is 12.4. The molecule has 200 valence electrons. The summed E-state index contributed by atoms with van der Waals surface area (Å²) in [6.07, 6.45) is 0. The van der Waals surface area contributed by atoms with Crippen molar-refractivity contribution in [3.63, 3.8) is 0 Å². The Kier molecular flexibility index (Phi) is 8.19. The van der Waals surface area contributed by atoms with Crippen LogP contribution in [0.25, 0.3) is 21.9 Å². The molecule has 5 aromatic rings. The van der Waals surface area contributed by atoms with Gasteiger partial charge in [-0.2, -0.15) is 0 Å². The third-order valence-electron chi connectivity index (χ3n) is 6.54. The Balaban J connectivity index is 1.50. The molecule has 0 saturated carbocycles. The molecule has 0 aliphatic rings. The Morgan fingerprint density at radius 1 is 0.875 bits per heavy atom. The van der Waals surface area contributed by atoms with Crippen molar-refractivity contribution in [1.82, 2.24) is 4.57 Å². The fraction of sp³-hybridized carbons (Fsp3) is 0.0938. The summed E-state index contributed by atoms with van der Waals surface area (Å²) in [5.41, 5.74) is 3.58. The summed E-state index contributed by atoms with van der Waals surface area (Å²) in [6, 6.07) is 29.6. The zero-order valence-corrected chi connectivity index (χ0v) is 23.9. The van der Waals surface area contributed by atoms with Crippen LogP contribution in [0.5, 0.6) is 0 Å². The maximum atomic E-state index is 13.8. The van der Waals surface area contributed by atoms with E-state index in [9.17, 15) is 14.4 Å². The number of hydrogen-bond donors (Lipinski definition) is 1. The van der Waals surface area contributed by atoms with Gasteiger partial charge in [-0.05, 0) is 64.5 Å². The van der Waals surface area contributed by atoms with Crippen molar-refractivity contribution in [2.75, 3.05) is 7.11 Å². The Bertz CT molecular complexity index is 1760. The van der Waals surface area contributed by atoms with E-state index in [1.54, 1.807) is 42.1 Å². The summed E-state index contributed by atoms with van der Waals surface area (Å²) in [6.45, 7) is 0.194. The van der Waals surface area contributed by atoms with E-state index < -0.39 is 11.9 Å². The van der Waals surface area contributed by atoms with Gasteiger partial charge in [0, 0.05) is 26.1 Å². The number of hydrogen-bond acceptors (Lipinski definition) is 5. The Morgan fingerprint density at radius 3 is 2.20 bits per heavy atom. The highest BCUT2D eigenvalue weighted by atomic mass is 79.9. The Hall–Kier alpha value is -4.14. The summed E-state index contributed by atoms with van der Waals surface area (Å²) < 4.78 is 7.48. The number of carboxylic acids is 1. The van der Waals surface area contributed by atoms with E-state index in [0.29, 0.717) is 22.1 Å². The smallest absolute Gasteiger partial charge is 0.355 e. The summed E-state index contributed by atoms with van der Waals surface area (Å²) >= 11 is 5.11. The lowest BCUT2D eigenvalue weighted by Gasteiger charge is -2.19. The fourth-order valence-corrected chi connectivity index (χ4v) is 5.78. The van der Waals surface area contributed by atoms with Crippen LogP contribution in [0.4, 0.5) is 0 Å². The van der Waals surface area contributed by atoms with Crippen LogP contribution in [0.15, 0.2) is 111 Å². The van der Waals surface area contributed by atoms with Crippen LogP contribution in [0.1, 0.15) is 32.0 Å². The number of carbonyl (C=O) groups is 2. The van der Waals surface area contributed by atoms with E-state index in [1.165, 1.54) is 11.7 Å². The minimum Gasteiger partial charge on any atom is -0.478 e. The van der Waals surface area contributed by atoms with Crippen LogP contribution in [0.2, 0.25) is 0 Å². The molecule has 5 rings (SSSR count). The van der Waals surface area contributed by atoms with Crippen LogP contribution >= 0.6 is 27.7 Å². The summed E-state index contributed by atoms with van der Waals surface area (Å²) in [7, 11) is 1.32. The second-order valence-electron chi connectivity index (χ2n) is 9.10. The predicted molar refractivity (Wildman–Crippen MR) is 161 cm³/mol. The summed E-state index contributed by atoms with van der Waals surface area (Å²) in [5, 5.41) is 10.3. The number of halogens is 1. The number of fused-ring (bicyclic) bond motifs is 1. The predicted octanol–water partition coefficient (Wildman–Crippen LogP) is 7.26. The van der Waals surface area contributed by atoms with Gasteiger partial charge in [0.25, 0.3) is 5.56 Å². The minimum atomic E-state index is -0.947. The summed E-state index contributed by atoms with van der Waals surface area (Å²) in [4.78, 5) is 39.0. The molecule has 0 amide bonds. The topological polar surface area (TPSA) is 85.6 Å². The van der Waals surface area contributed by atoms with Crippen molar-refractivity contribution in [3.8, 4) is 11.1 Å². The molecule has 0 spiro atoms. The van der Waals surface area contributed by atoms with Gasteiger partial charge in [-0.15, -0.1) is 11.8 Å². The molecule has 40 heavy (non-hydrogen) atoms. The van der Waals surface area contributed by atoms with Crippen molar-refractivity contribution in [2.24, 2.45) is 0 Å². The number of carbonyl (C=O) groups excluding carboxylic acids is 1. The molecule has 0 aliphatic heterocycles. The molecule has 0 unspecified atom stereocenters. The van der Waals surface area contributed by atoms with Gasteiger partial charge in [0.15, 0.2) is 0 Å². The van der Waals surface area contributed by atoms with Gasteiger partial charge in [0.1, 0.15) is 5.69 Å².